The first kappa shape index (κ1) is 14.7. The largest absolute Gasteiger partial charge is 0.493 e. The number of hydrogen-bond donors (Lipinski definition) is 0. The van der Waals surface area contributed by atoms with Gasteiger partial charge in [0.15, 0.2) is 0 Å². The second-order valence-electron chi connectivity index (χ2n) is 4.88. The average molecular weight is 314 g/mol. The van der Waals surface area contributed by atoms with Crippen molar-refractivity contribution in [1.82, 2.24) is 0 Å². The second kappa shape index (κ2) is 6.24. The summed E-state index contributed by atoms with van der Waals surface area (Å²) in [6.45, 7) is 2.51. The van der Waals surface area contributed by atoms with Crippen LogP contribution in [0.5, 0.6) is 0 Å². The van der Waals surface area contributed by atoms with Gasteiger partial charge in [0.1, 0.15) is 11.6 Å². The Bertz CT molecular complexity index is 739. The molecule has 3 nitrogen and oxygen atoms in total. The summed E-state index contributed by atoms with van der Waals surface area (Å²) >= 11 is 5.83. The number of carbonyl (C=O) groups excluding carboxylic acids is 1. The summed E-state index contributed by atoms with van der Waals surface area (Å²) in [7, 11) is 0. The van der Waals surface area contributed by atoms with Crippen LogP contribution in [0, 0.1) is 0 Å². The van der Waals surface area contributed by atoms with Crippen LogP contribution in [0.3, 0.4) is 0 Å². The number of rotatable bonds is 3. The number of ether oxygens (including phenoxy) is 1. The third-order valence-electron chi connectivity index (χ3n) is 3.54. The van der Waals surface area contributed by atoms with Gasteiger partial charge in [-0.15, -0.1) is 11.6 Å². The third-order valence-corrected chi connectivity index (χ3v) is 3.77. The number of halogens is 1. The highest BCUT2D eigenvalue weighted by Crippen LogP contribution is 2.40. The molecule has 0 spiro atoms. The molecule has 22 heavy (non-hydrogen) atoms. The van der Waals surface area contributed by atoms with Crippen molar-refractivity contribution in [1.29, 1.82) is 0 Å². The highest BCUT2D eigenvalue weighted by atomic mass is 35.5. The van der Waals surface area contributed by atoms with Gasteiger partial charge >= 0.3 is 0 Å². The van der Waals surface area contributed by atoms with Gasteiger partial charge in [0.25, 0.3) is 0 Å². The molecule has 1 aliphatic heterocycles. The monoisotopic (exact) mass is 313 g/mol. The number of amides is 1. The highest BCUT2D eigenvalue weighted by molar-refractivity contribution is 6.30. The second-order valence-corrected chi connectivity index (χ2v) is 5.15. The molecule has 0 bridgehead atoms. The summed E-state index contributed by atoms with van der Waals surface area (Å²) in [5.74, 6) is 0.523. The van der Waals surface area contributed by atoms with Crippen LogP contribution in [0.15, 0.2) is 48.5 Å². The molecule has 0 aliphatic carbocycles. The molecule has 0 saturated carbocycles. The van der Waals surface area contributed by atoms with E-state index in [-0.39, 0.29) is 11.8 Å². The molecule has 3 rings (SSSR count). The minimum atomic E-state index is -0.160. The van der Waals surface area contributed by atoms with E-state index in [9.17, 15) is 4.79 Å². The van der Waals surface area contributed by atoms with Crippen molar-refractivity contribution in [3.05, 3.63) is 59.7 Å². The summed E-state index contributed by atoms with van der Waals surface area (Å²) < 4.78 is 5.80. The van der Waals surface area contributed by atoms with E-state index in [0.29, 0.717) is 6.61 Å². The first-order valence-electron chi connectivity index (χ1n) is 7.18. The van der Waals surface area contributed by atoms with E-state index in [4.69, 9.17) is 16.3 Å². The minimum absolute atomic E-state index is 0.0767. The molecular weight excluding hydrogens is 298 g/mol. The molecule has 0 N–H and O–H groups in total. The minimum Gasteiger partial charge on any atom is -0.493 e. The molecule has 0 fully saturated rings. The number of carbonyl (C=O) groups is 1. The number of anilines is 2. The zero-order valence-corrected chi connectivity index (χ0v) is 13.0. The van der Waals surface area contributed by atoms with Gasteiger partial charge in [-0.3, -0.25) is 9.69 Å². The first-order valence-corrected chi connectivity index (χ1v) is 7.71. The Balaban J connectivity index is 2.29. The van der Waals surface area contributed by atoms with E-state index in [1.807, 2.05) is 61.5 Å². The molecular formula is C18H16ClNO2. The topological polar surface area (TPSA) is 29.5 Å². The molecule has 1 heterocycles. The Morgan fingerprint density at radius 2 is 1.77 bits per heavy atom. The van der Waals surface area contributed by atoms with E-state index in [1.54, 1.807) is 4.90 Å². The van der Waals surface area contributed by atoms with Crippen LogP contribution in [-0.4, -0.2) is 18.4 Å². The zero-order valence-electron chi connectivity index (χ0n) is 12.3. The van der Waals surface area contributed by atoms with Crippen LogP contribution in [0.2, 0.25) is 0 Å². The molecule has 1 amide bonds. The maximum Gasteiger partial charge on any atom is 0.246 e. The zero-order chi connectivity index (χ0) is 15.5. The van der Waals surface area contributed by atoms with Crippen molar-refractivity contribution >= 4 is 40.7 Å². The molecule has 0 aromatic heterocycles. The van der Waals surface area contributed by atoms with Crippen LogP contribution in [0.1, 0.15) is 18.1 Å². The lowest BCUT2D eigenvalue weighted by atomic mass is 10.1. The molecule has 0 atom stereocenters. The maximum atomic E-state index is 12.4. The van der Waals surface area contributed by atoms with E-state index < -0.39 is 0 Å². The standard InChI is InChI=1S/C18H16ClNO2/c1-2-22-17-11-13-7-3-5-9-15(13)20(18(21)12-19)16-10-6-4-8-14(16)17/h3-11H,2,12H2,1H3. The summed E-state index contributed by atoms with van der Waals surface area (Å²) in [5, 5.41) is 0. The number of para-hydroxylation sites is 2. The Morgan fingerprint density at radius 1 is 1.09 bits per heavy atom. The van der Waals surface area contributed by atoms with Crippen LogP contribution in [0.4, 0.5) is 11.4 Å². The number of benzene rings is 2. The highest BCUT2D eigenvalue weighted by Gasteiger charge is 2.26. The van der Waals surface area contributed by atoms with Gasteiger partial charge in [-0.1, -0.05) is 30.3 Å². The van der Waals surface area contributed by atoms with E-state index >= 15 is 0 Å². The van der Waals surface area contributed by atoms with Crippen molar-refractivity contribution in [3.63, 3.8) is 0 Å². The van der Waals surface area contributed by atoms with Crippen LogP contribution < -0.4 is 4.90 Å². The Kier molecular flexibility index (Phi) is 4.16. The fourth-order valence-corrected chi connectivity index (χ4v) is 2.76. The number of nitrogens with zero attached hydrogens (tertiary/aromatic N) is 1. The predicted molar refractivity (Wildman–Crippen MR) is 90.2 cm³/mol. The smallest absolute Gasteiger partial charge is 0.246 e. The summed E-state index contributed by atoms with van der Waals surface area (Å²) in [6.07, 6.45) is 1.97. The molecule has 112 valence electrons. The summed E-state index contributed by atoms with van der Waals surface area (Å²) in [4.78, 5) is 14.1. The maximum absolute atomic E-state index is 12.4. The quantitative estimate of drug-likeness (QED) is 0.784. The molecule has 0 radical (unpaired) electrons. The normalized spacial score (nSPS) is 12.8. The average Bonchev–Trinajstić information content (AvgIpc) is 2.69. The van der Waals surface area contributed by atoms with Crippen LogP contribution in [0.25, 0.3) is 11.8 Å². The van der Waals surface area contributed by atoms with Crippen LogP contribution >= 0.6 is 11.6 Å². The third kappa shape index (κ3) is 2.48. The molecule has 0 unspecified atom stereocenters. The van der Waals surface area contributed by atoms with E-state index in [0.717, 1.165) is 28.3 Å². The van der Waals surface area contributed by atoms with Crippen molar-refractivity contribution < 1.29 is 9.53 Å². The Morgan fingerprint density at radius 3 is 2.50 bits per heavy atom. The molecule has 1 aliphatic rings. The molecule has 0 saturated heterocycles. The molecule has 2 aromatic rings. The molecule has 4 heteroatoms. The van der Waals surface area contributed by atoms with Crippen LogP contribution in [-0.2, 0) is 9.53 Å². The van der Waals surface area contributed by atoms with Gasteiger partial charge in [0.05, 0.1) is 18.0 Å². The van der Waals surface area contributed by atoms with Gasteiger partial charge < -0.3 is 4.74 Å². The van der Waals surface area contributed by atoms with Gasteiger partial charge in [-0.25, -0.2) is 0 Å². The SMILES string of the molecule is CCOC1=Cc2ccccc2N(C(=O)CCl)c2ccccc21. The van der Waals surface area contributed by atoms with Crippen molar-refractivity contribution in [2.24, 2.45) is 0 Å². The predicted octanol–water partition coefficient (Wildman–Crippen LogP) is 4.44. The Hall–Kier alpha value is -2.26. The van der Waals surface area contributed by atoms with Gasteiger partial charge in [0, 0.05) is 11.1 Å². The molecule has 2 aromatic carbocycles. The van der Waals surface area contributed by atoms with Gasteiger partial charge in [0.2, 0.25) is 5.91 Å². The van der Waals surface area contributed by atoms with Crippen molar-refractivity contribution in [2.75, 3.05) is 17.4 Å². The number of alkyl halides is 1. The lowest BCUT2D eigenvalue weighted by molar-refractivity contribution is -0.115. The fourth-order valence-electron chi connectivity index (χ4n) is 2.64. The number of fused-ring (bicyclic) bond motifs is 2. The lowest BCUT2D eigenvalue weighted by Gasteiger charge is -2.24. The number of hydrogen-bond acceptors (Lipinski definition) is 2. The first-order chi connectivity index (χ1) is 10.8. The fraction of sp³-hybridized carbons (Fsp3) is 0.167. The van der Waals surface area contributed by atoms with Gasteiger partial charge in [-0.05, 0) is 31.2 Å². The van der Waals surface area contributed by atoms with E-state index in [1.165, 1.54) is 0 Å². The summed E-state index contributed by atoms with van der Waals surface area (Å²) in [6, 6.07) is 15.5. The lowest BCUT2D eigenvalue weighted by Crippen LogP contribution is -2.27. The van der Waals surface area contributed by atoms with Gasteiger partial charge in [-0.2, -0.15) is 0 Å². The van der Waals surface area contributed by atoms with Crippen molar-refractivity contribution in [3.8, 4) is 0 Å². The van der Waals surface area contributed by atoms with Crippen molar-refractivity contribution in [2.45, 2.75) is 6.92 Å². The summed E-state index contributed by atoms with van der Waals surface area (Å²) in [5.41, 5.74) is 3.42. The Labute approximate surface area is 134 Å². The van der Waals surface area contributed by atoms with E-state index in [2.05, 4.69) is 0 Å².